The molecule has 0 spiro atoms. The number of hydrogen-bond acceptors (Lipinski definition) is 7. The zero-order valence-electron chi connectivity index (χ0n) is 13.7. The van der Waals surface area contributed by atoms with Crippen LogP contribution >= 0.6 is 11.3 Å². The summed E-state index contributed by atoms with van der Waals surface area (Å²) in [6.07, 6.45) is 2.91. The number of carbonyl (C=O) groups excluding carboxylic acids is 1. The van der Waals surface area contributed by atoms with Gasteiger partial charge in [-0.3, -0.25) is 9.69 Å². The van der Waals surface area contributed by atoms with Crippen molar-refractivity contribution in [2.75, 3.05) is 13.1 Å². The quantitative estimate of drug-likeness (QED) is 0.829. The smallest absolute Gasteiger partial charge is 0.223 e. The van der Waals surface area contributed by atoms with Gasteiger partial charge >= 0.3 is 0 Å². The molecule has 0 N–H and O–H groups in total. The molecule has 1 fully saturated rings. The van der Waals surface area contributed by atoms with E-state index in [1.54, 1.807) is 25.2 Å². The van der Waals surface area contributed by atoms with Gasteiger partial charge in [-0.05, 0) is 13.3 Å². The zero-order chi connectivity index (χ0) is 16.4. The Labute approximate surface area is 139 Å². The maximum atomic E-state index is 12.0. The SMILES string of the molecule is CC(=O)N(Cc1noc(C)n1)C1CCN(Cc2cnc(C)s2)C1. The first-order valence-corrected chi connectivity index (χ1v) is 8.53. The summed E-state index contributed by atoms with van der Waals surface area (Å²) in [5.41, 5.74) is 0. The van der Waals surface area contributed by atoms with Gasteiger partial charge in [-0.1, -0.05) is 5.16 Å². The van der Waals surface area contributed by atoms with E-state index >= 15 is 0 Å². The fourth-order valence-corrected chi connectivity index (χ4v) is 3.80. The molecule has 0 aliphatic carbocycles. The largest absolute Gasteiger partial charge is 0.340 e. The van der Waals surface area contributed by atoms with Gasteiger partial charge in [-0.2, -0.15) is 4.98 Å². The maximum absolute atomic E-state index is 12.0. The molecule has 23 heavy (non-hydrogen) atoms. The van der Waals surface area contributed by atoms with Gasteiger partial charge in [-0.15, -0.1) is 11.3 Å². The summed E-state index contributed by atoms with van der Waals surface area (Å²) >= 11 is 1.73. The molecular weight excluding hydrogens is 314 g/mol. The Morgan fingerprint density at radius 1 is 1.52 bits per heavy atom. The molecule has 0 bridgehead atoms. The van der Waals surface area contributed by atoms with E-state index in [0.717, 1.165) is 31.1 Å². The molecule has 3 heterocycles. The summed E-state index contributed by atoms with van der Waals surface area (Å²) in [6, 6.07) is 0.195. The molecule has 0 radical (unpaired) electrons. The van der Waals surface area contributed by atoms with E-state index in [1.807, 2.05) is 18.0 Å². The highest BCUT2D eigenvalue weighted by molar-refractivity contribution is 7.11. The van der Waals surface area contributed by atoms with Gasteiger partial charge in [-0.25, -0.2) is 4.98 Å². The first-order valence-electron chi connectivity index (χ1n) is 7.71. The van der Waals surface area contributed by atoms with Gasteiger partial charge < -0.3 is 9.42 Å². The zero-order valence-corrected chi connectivity index (χ0v) is 14.5. The molecule has 1 aliphatic rings. The van der Waals surface area contributed by atoms with Crippen molar-refractivity contribution < 1.29 is 9.32 Å². The number of aryl methyl sites for hydroxylation is 2. The van der Waals surface area contributed by atoms with Crippen molar-refractivity contribution in [3.05, 3.63) is 27.8 Å². The molecule has 1 unspecified atom stereocenters. The molecule has 2 aromatic heterocycles. The third-order valence-corrected chi connectivity index (χ3v) is 4.92. The molecule has 3 rings (SSSR count). The first kappa shape index (κ1) is 16.1. The van der Waals surface area contributed by atoms with Crippen LogP contribution in [0.3, 0.4) is 0 Å². The molecule has 7 nitrogen and oxygen atoms in total. The number of rotatable bonds is 5. The van der Waals surface area contributed by atoms with Gasteiger partial charge in [0.05, 0.1) is 11.6 Å². The van der Waals surface area contributed by atoms with Crippen LogP contribution in [0.15, 0.2) is 10.7 Å². The van der Waals surface area contributed by atoms with E-state index in [1.165, 1.54) is 4.88 Å². The number of aromatic nitrogens is 3. The van der Waals surface area contributed by atoms with Crippen LogP contribution in [0.25, 0.3) is 0 Å². The monoisotopic (exact) mass is 335 g/mol. The standard InChI is InChI=1S/C15H21N5O2S/c1-10-17-15(18-22-10)9-20(12(3)21)13-4-5-19(7-13)8-14-6-16-11(2)23-14/h6,13H,4-5,7-9H2,1-3H3. The second-order valence-electron chi connectivity index (χ2n) is 5.90. The van der Waals surface area contributed by atoms with Crippen LogP contribution in [-0.4, -0.2) is 50.0 Å². The number of nitrogens with zero attached hydrogens (tertiary/aromatic N) is 5. The Hall–Kier alpha value is -1.80. The second kappa shape index (κ2) is 6.76. The topological polar surface area (TPSA) is 75.4 Å². The van der Waals surface area contributed by atoms with Gasteiger partial charge in [0.2, 0.25) is 11.8 Å². The van der Waals surface area contributed by atoms with Gasteiger partial charge in [0, 0.05) is 50.6 Å². The van der Waals surface area contributed by atoms with Crippen molar-refractivity contribution in [2.45, 2.75) is 46.3 Å². The molecule has 8 heteroatoms. The minimum atomic E-state index is 0.0490. The Morgan fingerprint density at radius 2 is 2.35 bits per heavy atom. The van der Waals surface area contributed by atoms with Crippen LogP contribution in [0, 0.1) is 13.8 Å². The van der Waals surface area contributed by atoms with Gasteiger partial charge in [0.15, 0.2) is 5.82 Å². The molecular formula is C15H21N5O2S. The van der Waals surface area contributed by atoms with Gasteiger partial charge in [0.1, 0.15) is 0 Å². The normalized spacial score (nSPS) is 18.5. The molecule has 1 aliphatic heterocycles. The third kappa shape index (κ3) is 3.94. The average molecular weight is 335 g/mol. The van der Waals surface area contributed by atoms with Crippen molar-refractivity contribution in [2.24, 2.45) is 0 Å². The highest BCUT2D eigenvalue weighted by Gasteiger charge is 2.30. The minimum absolute atomic E-state index is 0.0490. The predicted octanol–water partition coefficient (Wildman–Crippen LogP) is 1.77. The summed E-state index contributed by atoms with van der Waals surface area (Å²) < 4.78 is 5.00. The number of carbonyl (C=O) groups is 1. The molecule has 0 saturated carbocycles. The van der Waals surface area contributed by atoms with Crippen molar-refractivity contribution in [3.8, 4) is 0 Å². The van der Waals surface area contributed by atoms with E-state index in [9.17, 15) is 4.79 Å². The molecule has 0 aromatic carbocycles. The number of likely N-dealkylation sites (tertiary alicyclic amines) is 1. The van der Waals surface area contributed by atoms with Crippen LogP contribution < -0.4 is 0 Å². The third-order valence-electron chi connectivity index (χ3n) is 4.02. The van der Waals surface area contributed by atoms with E-state index in [2.05, 4.69) is 20.0 Å². The van der Waals surface area contributed by atoms with Crippen LogP contribution in [0.1, 0.15) is 34.9 Å². The number of hydrogen-bond donors (Lipinski definition) is 0. The maximum Gasteiger partial charge on any atom is 0.223 e. The number of thiazole rings is 1. The van der Waals surface area contributed by atoms with E-state index in [-0.39, 0.29) is 11.9 Å². The Bertz CT molecular complexity index is 683. The Morgan fingerprint density at radius 3 is 2.96 bits per heavy atom. The lowest BCUT2D eigenvalue weighted by Gasteiger charge is -2.26. The van der Waals surface area contributed by atoms with Crippen molar-refractivity contribution >= 4 is 17.2 Å². The predicted molar refractivity (Wildman–Crippen MR) is 85.8 cm³/mol. The number of amides is 1. The Balaban J connectivity index is 1.61. The average Bonchev–Trinajstić information content (AvgIpc) is 3.19. The van der Waals surface area contributed by atoms with Crippen LogP contribution in [0.4, 0.5) is 0 Å². The molecule has 124 valence electrons. The highest BCUT2D eigenvalue weighted by atomic mass is 32.1. The summed E-state index contributed by atoms with van der Waals surface area (Å²) in [5, 5.41) is 4.99. The Kier molecular flexibility index (Phi) is 4.72. The van der Waals surface area contributed by atoms with Crippen molar-refractivity contribution in [1.82, 2.24) is 24.9 Å². The fraction of sp³-hybridized carbons (Fsp3) is 0.600. The van der Waals surface area contributed by atoms with E-state index in [4.69, 9.17) is 4.52 Å². The summed E-state index contributed by atoms with van der Waals surface area (Å²) in [7, 11) is 0. The molecule has 1 atom stereocenters. The van der Waals surface area contributed by atoms with E-state index in [0.29, 0.717) is 18.3 Å². The molecule has 1 amide bonds. The lowest BCUT2D eigenvalue weighted by atomic mass is 10.2. The van der Waals surface area contributed by atoms with Crippen molar-refractivity contribution in [1.29, 1.82) is 0 Å². The lowest BCUT2D eigenvalue weighted by Crippen LogP contribution is -2.40. The molecule has 1 saturated heterocycles. The summed E-state index contributed by atoms with van der Waals surface area (Å²) in [4.78, 5) is 26.0. The fourth-order valence-electron chi connectivity index (χ4n) is 2.96. The lowest BCUT2D eigenvalue weighted by molar-refractivity contribution is -0.131. The summed E-state index contributed by atoms with van der Waals surface area (Å²) in [6.45, 7) is 8.53. The van der Waals surface area contributed by atoms with Gasteiger partial charge in [0.25, 0.3) is 0 Å². The molecule has 2 aromatic rings. The summed E-state index contributed by atoms with van der Waals surface area (Å²) in [5.74, 6) is 1.14. The van der Waals surface area contributed by atoms with Crippen LogP contribution in [0.5, 0.6) is 0 Å². The second-order valence-corrected chi connectivity index (χ2v) is 7.22. The van der Waals surface area contributed by atoms with Crippen molar-refractivity contribution in [3.63, 3.8) is 0 Å². The highest BCUT2D eigenvalue weighted by Crippen LogP contribution is 2.22. The van der Waals surface area contributed by atoms with Crippen LogP contribution in [0.2, 0.25) is 0 Å². The van der Waals surface area contributed by atoms with E-state index < -0.39 is 0 Å². The van der Waals surface area contributed by atoms with Crippen LogP contribution in [-0.2, 0) is 17.9 Å². The first-order chi connectivity index (χ1) is 11.0. The minimum Gasteiger partial charge on any atom is -0.340 e.